The highest BCUT2D eigenvalue weighted by atomic mass is 16.6. The fourth-order valence-corrected chi connectivity index (χ4v) is 5.92. The molecule has 3 aromatic carbocycles. The van der Waals surface area contributed by atoms with Gasteiger partial charge in [0.25, 0.3) is 5.69 Å². The van der Waals surface area contributed by atoms with Crippen LogP contribution >= 0.6 is 0 Å². The number of aryl methyl sites for hydroxylation is 1. The molecule has 31 heavy (non-hydrogen) atoms. The maximum atomic E-state index is 13.7. The largest absolute Gasteiger partial charge is 0.274 e. The van der Waals surface area contributed by atoms with Crippen LogP contribution in [-0.4, -0.2) is 16.7 Å². The Bertz CT molecular complexity index is 1200. The van der Waals surface area contributed by atoms with Gasteiger partial charge >= 0.3 is 0 Å². The van der Waals surface area contributed by atoms with Crippen molar-refractivity contribution in [2.24, 2.45) is 11.8 Å². The van der Waals surface area contributed by atoms with E-state index >= 15 is 0 Å². The van der Waals surface area contributed by atoms with Crippen LogP contribution in [0.15, 0.2) is 66.7 Å². The lowest BCUT2D eigenvalue weighted by atomic mass is 9.55. The zero-order valence-electron chi connectivity index (χ0n) is 16.7. The topological polar surface area (TPSA) is 80.5 Å². The Morgan fingerprint density at radius 1 is 0.774 bits per heavy atom. The molecule has 0 aromatic heterocycles. The molecule has 1 aliphatic heterocycles. The van der Waals surface area contributed by atoms with Gasteiger partial charge in [-0.2, -0.15) is 0 Å². The molecule has 0 unspecified atom stereocenters. The van der Waals surface area contributed by atoms with Gasteiger partial charge in [0, 0.05) is 24.0 Å². The molecule has 2 bridgehead atoms. The van der Waals surface area contributed by atoms with Gasteiger partial charge < -0.3 is 0 Å². The lowest BCUT2D eigenvalue weighted by molar-refractivity contribution is -0.384. The fraction of sp³-hybridized carbons (Fsp3) is 0.200. The highest BCUT2D eigenvalue weighted by Gasteiger charge is 2.61. The van der Waals surface area contributed by atoms with Gasteiger partial charge in [-0.1, -0.05) is 48.5 Å². The minimum atomic E-state index is -0.475. The van der Waals surface area contributed by atoms with Gasteiger partial charge in [-0.15, -0.1) is 0 Å². The summed E-state index contributed by atoms with van der Waals surface area (Å²) in [5, 5.41) is 11.1. The quantitative estimate of drug-likeness (QED) is 0.358. The summed E-state index contributed by atoms with van der Waals surface area (Å²) < 4.78 is 0. The van der Waals surface area contributed by atoms with E-state index in [0.29, 0.717) is 11.3 Å². The molecule has 0 saturated carbocycles. The Balaban J connectivity index is 1.53. The van der Waals surface area contributed by atoms with Crippen molar-refractivity contribution >= 4 is 23.2 Å². The first-order chi connectivity index (χ1) is 15.0. The lowest BCUT2D eigenvalue weighted by Crippen LogP contribution is -2.41. The molecule has 2 atom stereocenters. The number of carbonyl (C=O) groups is 2. The Hall–Kier alpha value is -3.80. The number of hydrogen-bond acceptors (Lipinski definition) is 4. The van der Waals surface area contributed by atoms with Crippen molar-refractivity contribution in [1.82, 2.24) is 0 Å². The Morgan fingerprint density at radius 2 is 1.23 bits per heavy atom. The van der Waals surface area contributed by atoms with Crippen molar-refractivity contribution in [2.75, 3.05) is 4.90 Å². The third kappa shape index (κ3) is 2.22. The number of imide groups is 1. The monoisotopic (exact) mass is 410 g/mol. The molecular formula is C25H18N2O4. The smallest absolute Gasteiger partial charge is 0.269 e. The van der Waals surface area contributed by atoms with Crippen LogP contribution in [0.1, 0.15) is 39.7 Å². The summed E-state index contributed by atoms with van der Waals surface area (Å²) in [6.07, 6.45) is 0. The number of nitro benzene ring substituents is 1. The third-order valence-corrected chi connectivity index (χ3v) is 7.08. The lowest BCUT2D eigenvalue weighted by Gasteiger charge is -2.45. The number of benzene rings is 3. The fourth-order valence-electron chi connectivity index (χ4n) is 5.92. The van der Waals surface area contributed by atoms with E-state index < -0.39 is 16.8 Å². The van der Waals surface area contributed by atoms with Gasteiger partial charge in [0.05, 0.1) is 22.4 Å². The second-order valence-electron chi connectivity index (χ2n) is 8.50. The Labute approximate surface area is 178 Å². The molecule has 1 fully saturated rings. The van der Waals surface area contributed by atoms with Crippen molar-refractivity contribution in [2.45, 2.75) is 18.8 Å². The average Bonchev–Trinajstić information content (AvgIpc) is 3.04. The second kappa shape index (κ2) is 6.11. The first-order valence-electron chi connectivity index (χ1n) is 10.3. The van der Waals surface area contributed by atoms with Gasteiger partial charge in [-0.05, 0) is 40.8 Å². The minimum Gasteiger partial charge on any atom is -0.274 e. The molecular weight excluding hydrogens is 392 g/mol. The summed E-state index contributed by atoms with van der Waals surface area (Å²) in [4.78, 5) is 39.3. The van der Waals surface area contributed by atoms with Gasteiger partial charge in [0.2, 0.25) is 11.8 Å². The second-order valence-corrected chi connectivity index (χ2v) is 8.50. The van der Waals surface area contributed by atoms with Crippen molar-refractivity contribution in [3.05, 3.63) is 105 Å². The summed E-state index contributed by atoms with van der Waals surface area (Å²) in [5.74, 6) is -1.69. The number of carbonyl (C=O) groups excluding carboxylic acids is 2. The molecule has 6 nitrogen and oxygen atoms in total. The number of amides is 2. The highest BCUT2D eigenvalue weighted by Crippen LogP contribution is 2.61. The number of anilines is 1. The Morgan fingerprint density at radius 3 is 1.61 bits per heavy atom. The average molecular weight is 410 g/mol. The molecule has 3 aliphatic carbocycles. The van der Waals surface area contributed by atoms with Crippen LogP contribution < -0.4 is 4.90 Å². The van der Waals surface area contributed by atoms with Crippen molar-refractivity contribution in [1.29, 1.82) is 0 Å². The van der Waals surface area contributed by atoms with E-state index in [4.69, 9.17) is 0 Å². The zero-order valence-corrected chi connectivity index (χ0v) is 16.7. The molecule has 1 heterocycles. The first kappa shape index (κ1) is 18.0. The van der Waals surface area contributed by atoms with Crippen LogP contribution in [0.4, 0.5) is 11.4 Å². The van der Waals surface area contributed by atoms with Gasteiger partial charge in [-0.25, -0.2) is 4.90 Å². The number of hydrogen-bond donors (Lipinski definition) is 0. The molecule has 6 heteroatoms. The van der Waals surface area contributed by atoms with Crippen LogP contribution in [0, 0.1) is 28.9 Å². The standard InChI is InChI=1S/C25H18N2O4/c1-13-12-14(27(30)31)10-11-19(13)26-24(28)22-20-15-6-2-3-7-16(15)21(23(22)25(26)29)18-9-5-4-8-17(18)20/h2-12,20-23H,1H3/t20?,21?,22-,23+. The van der Waals surface area contributed by atoms with Crippen LogP contribution in [-0.2, 0) is 9.59 Å². The maximum Gasteiger partial charge on any atom is 0.269 e. The molecule has 2 amide bonds. The van der Waals surface area contributed by atoms with Gasteiger partial charge in [0.15, 0.2) is 0 Å². The predicted octanol–water partition coefficient (Wildman–Crippen LogP) is 4.30. The van der Waals surface area contributed by atoms with E-state index in [9.17, 15) is 19.7 Å². The molecule has 0 radical (unpaired) electrons. The summed E-state index contributed by atoms with van der Waals surface area (Å²) in [5.41, 5.74) is 5.40. The van der Waals surface area contributed by atoms with Crippen LogP contribution in [0.2, 0.25) is 0 Å². The summed E-state index contributed by atoms with van der Waals surface area (Å²) in [7, 11) is 0. The first-order valence-corrected chi connectivity index (χ1v) is 10.3. The highest BCUT2D eigenvalue weighted by molar-refractivity contribution is 6.23. The molecule has 3 aromatic rings. The van der Waals surface area contributed by atoms with Crippen molar-refractivity contribution in [3.63, 3.8) is 0 Å². The van der Waals surface area contributed by atoms with E-state index in [1.165, 1.54) is 23.1 Å². The number of nitrogens with zero attached hydrogens (tertiary/aromatic N) is 2. The number of rotatable bonds is 2. The minimum absolute atomic E-state index is 0.0577. The van der Waals surface area contributed by atoms with E-state index in [0.717, 1.165) is 22.3 Å². The van der Waals surface area contributed by atoms with Crippen LogP contribution in [0.25, 0.3) is 0 Å². The van der Waals surface area contributed by atoms with E-state index in [1.54, 1.807) is 6.92 Å². The van der Waals surface area contributed by atoms with E-state index in [1.807, 2.05) is 24.3 Å². The van der Waals surface area contributed by atoms with E-state index in [-0.39, 0.29) is 29.3 Å². The molecule has 0 spiro atoms. The van der Waals surface area contributed by atoms with Crippen LogP contribution in [0.3, 0.4) is 0 Å². The van der Waals surface area contributed by atoms with Gasteiger partial charge in [0.1, 0.15) is 0 Å². The molecule has 4 aliphatic rings. The predicted molar refractivity (Wildman–Crippen MR) is 114 cm³/mol. The Kier molecular flexibility index (Phi) is 3.55. The molecule has 1 saturated heterocycles. The third-order valence-electron chi connectivity index (χ3n) is 7.08. The number of non-ortho nitro benzene ring substituents is 1. The normalized spacial score (nSPS) is 25.3. The van der Waals surface area contributed by atoms with Crippen molar-refractivity contribution < 1.29 is 14.5 Å². The SMILES string of the molecule is Cc1cc([N+](=O)[O-])ccc1N1C(=O)[C@@H]2C3c4ccccc4C(c4ccccc43)[C@@H]2C1=O. The van der Waals surface area contributed by atoms with Crippen molar-refractivity contribution in [3.8, 4) is 0 Å². The molecule has 0 N–H and O–H groups in total. The molecule has 7 rings (SSSR count). The maximum absolute atomic E-state index is 13.7. The summed E-state index contributed by atoms with van der Waals surface area (Å²) in [6.45, 7) is 1.70. The summed E-state index contributed by atoms with van der Waals surface area (Å²) >= 11 is 0. The van der Waals surface area contributed by atoms with Gasteiger partial charge in [-0.3, -0.25) is 19.7 Å². The molecule has 152 valence electrons. The van der Waals surface area contributed by atoms with Crippen LogP contribution in [0.5, 0.6) is 0 Å². The summed E-state index contributed by atoms with van der Waals surface area (Å²) in [6, 6.07) is 20.5. The number of nitro groups is 1. The van der Waals surface area contributed by atoms with E-state index in [2.05, 4.69) is 24.3 Å². The zero-order chi connectivity index (χ0) is 21.4.